The number of rotatable bonds is 5. The summed E-state index contributed by atoms with van der Waals surface area (Å²) in [5.74, 6) is -0.349. The highest BCUT2D eigenvalue weighted by molar-refractivity contribution is 5.73. The molecule has 94 valence electrons. The predicted molar refractivity (Wildman–Crippen MR) is 67.1 cm³/mol. The lowest BCUT2D eigenvalue weighted by Gasteiger charge is -2.20. The highest BCUT2D eigenvalue weighted by Crippen LogP contribution is 2.25. The summed E-state index contributed by atoms with van der Waals surface area (Å²) in [6.07, 6.45) is 0.908. The molecule has 17 heavy (non-hydrogen) atoms. The number of carboxylic acids is 1. The van der Waals surface area contributed by atoms with Gasteiger partial charge in [0.15, 0.2) is 0 Å². The van der Waals surface area contributed by atoms with Crippen LogP contribution < -0.4 is 10.5 Å². The molecule has 0 radical (unpaired) electrons. The molecule has 0 atom stereocenters. The first-order chi connectivity index (χ1) is 7.86. The minimum absolute atomic E-state index is 0.0952. The lowest BCUT2D eigenvalue weighted by Crippen LogP contribution is -2.30. The predicted octanol–water partition coefficient (Wildman–Crippen LogP) is 2.32. The first-order valence-corrected chi connectivity index (χ1v) is 5.61. The van der Waals surface area contributed by atoms with Crippen molar-refractivity contribution in [1.29, 1.82) is 0 Å². The maximum Gasteiger partial charge on any atom is 0.312 e. The van der Waals surface area contributed by atoms with Crippen molar-refractivity contribution in [2.24, 2.45) is 5.41 Å². The second kappa shape index (κ2) is 5.08. The number of benzene rings is 1. The van der Waals surface area contributed by atoms with Gasteiger partial charge in [-0.1, -0.05) is 13.0 Å². The van der Waals surface area contributed by atoms with Gasteiger partial charge in [-0.2, -0.15) is 0 Å². The Bertz CT molecular complexity index is 413. The monoisotopic (exact) mass is 237 g/mol. The van der Waals surface area contributed by atoms with Gasteiger partial charge >= 0.3 is 5.97 Å². The molecule has 0 unspecified atom stereocenters. The smallest absolute Gasteiger partial charge is 0.312 e. The summed E-state index contributed by atoms with van der Waals surface area (Å²) in [5.41, 5.74) is 6.59. The molecule has 0 saturated carbocycles. The first kappa shape index (κ1) is 13.4. The average molecular weight is 237 g/mol. The zero-order valence-corrected chi connectivity index (χ0v) is 10.5. The fourth-order valence-electron chi connectivity index (χ4n) is 1.27. The molecule has 0 aliphatic heterocycles. The van der Waals surface area contributed by atoms with Crippen molar-refractivity contribution in [2.75, 3.05) is 12.3 Å². The van der Waals surface area contributed by atoms with Crippen LogP contribution in [0.15, 0.2) is 18.2 Å². The Kier molecular flexibility index (Phi) is 3.99. The molecule has 0 bridgehead atoms. The van der Waals surface area contributed by atoms with E-state index in [4.69, 9.17) is 15.6 Å². The third-order valence-electron chi connectivity index (χ3n) is 2.65. The van der Waals surface area contributed by atoms with E-state index in [1.807, 2.05) is 19.1 Å². The number of nitrogen functional groups attached to an aromatic ring is 1. The first-order valence-electron chi connectivity index (χ1n) is 5.61. The largest absolute Gasteiger partial charge is 0.490 e. The summed E-state index contributed by atoms with van der Waals surface area (Å²) < 4.78 is 5.46. The molecule has 1 aromatic carbocycles. The third-order valence-corrected chi connectivity index (χ3v) is 2.65. The van der Waals surface area contributed by atoms with E-state index in [9.17, 15) is 4.79 Å². The molecule has 3 N–H and O–H groups in total. The van der Waals surface area contributed by atoms with Crippen molar-refractivity contribution in [1.82, 2.24) is 0 Å². The van der Waals surface area contributed by atoms with Crippen molar-refractivity contribution in [3.05, 3.63) is 23.8 Å². The van der Waals surface area contributed by atoms with Crippen molar-refractivity contribution in [2.45, 2.75) is 27.2 Å². The molecule has 4 heteroatoms. The number of carboxylic acid groups (broad SMARTS) is 1. The van der Waals surface area contributed by atoms with Crippen LogP contribution >= 0.6 is 0 Å². The standard InChI is InChI=1S/C13H19NO3/c1-4-9-5-6-11(10(14)7-9)17-8-13(2,3)12(15)16/h5-7H,4,8,14H2,1-3H3,(H,15,16). The van der Waals surface area contributed by atoms with Crippen molar-refractivity contribution < 1.29 is 14.6 Å². The maximum absolute atomic E-state index is 10.9. The zero-order valence-electron chi connectivity index (χ0n) is 10.5. The zero-order chi connectivity index (χ0) is 13.1. The van der Waals surface area contributed by atoms with Crippen LogP contribution in [0, 0.1) is 5.41 Å². The summed E-state index contributed by atoms with van der Waals surface area (Å²) in [7, 11) is 0. The molecule has 0 saturated heterocycles. The number of nitrogens with two attached hydrogens (primary N) is 1. The number of aryl methyl sites for hydroxylation is 1. The van der Waals surface area contributed by atoms with Gasteiger partial charge in [0.25, 0.3) is 0 Å². The van der Waals surface area contributed by atoms with Crippen LogP contribution in [0.2, 0.25) is 0 Å². The molecular formula is C13H19NO3. The van der Waals surface area contributed by atoms with Crippen LogP contribution in [-0.2, 0) is 11.2 Å². The second-order valence-electron chi connectivity index (χ2n) is 4.70. The fraction of sp³-hybridized carbons (Fsp3) is 0.462. The van der Waals surface area contributed by atoms with E-state index in [-0.39, 0.29) is 6.61 Å². The van der Waals surface area contributed by atoms with E-state index in [0.29, 0.717) is 11.4 Å². The van der Waals surface area contributed by atoms with Crippen LogP contribution in [0.4, 0.5) is 5.69 Å². The van der Waals surface area contributed by atoms with E-state index in [0.717, 1.165) is 12.0 Å². The Labute approximate surface area is 101 Å². The fourth-order valence-corrected chi connectivity index (χ4v) is 1.27. The minimum atomic E-state index is -0.921. The van der Waals surface area contributed by atoms with Crippen LogP contribution in [-0.4, -0.2) is 17.7 Å². The number of hydrogen-bond donors (Lipinski definition) is 2. The van der Waals surface area contributed by atoms with Gasteiger partial charge in [0, 0.05) is 0 Å². The SMILES string of the molecule is CCc1ccc(OCC(C)(C)C(=O)O)c(N)c1. The molecular weight excluding hydrogens is 218 g/mol. The molecule has 0 spiro atoms. The molecule has 0 aliphatic carbocycles. The Morgan fingerprint density at radius 1 is 1.47 bits per heavy atom. The van der Waals surface area contributed by atoms with Crippen molar-refractivity contribution in [3.63, 3.8) is 0 Å². The van der Waals surface area contributed by atoms with E-state index in [1.165, 1.54) is 0 Å². The summed E-state index contributed by atoms with van der Waals surface area (Å²) in [5, 5.41) is 8.96. The molecule has 0 amide bonds. The van der Waals surface area contributed by atoms with E-state index < -0.39 is 11.4 Å². The number of carbonyl (C=O) groups is 1. The Morgan fingerprint density at radius 2 is 2.12 bits per heavy atom. The summed E-state index contributed by atoms with van der Waals surface area (Å²) in [6.45, 7) is 5.37. The summed E-state index contributed by atoms with van der Waals surface area (Å²) in [6, 6.07) is 5.56. The summed E-state index contributed by atoms with van der Waals surface area (Å²) >= 11 is 0. The van der Waals surface area contributed by atoms with Gasteiger partial charge in [-0.15, -0.1) is 0 Å². The van der Waals surface area contributed by atoms with Crippen LogP contribution in [0.25, 0.3) is 0 Å². The van der Waals surface area contributed by atoms with Gasteiger partial charge in [-0.05, 0) is 38.0 Å². The van der Waals surface area contributed by atoms with Crippen LogP contribution in [0.5, 0.6) is 5.75 Å². The van der Waals surface area contributed by atoms with E-state index >= 15 is 0 Å². The lowest BCUT2D eigenvalue weighted by atomic mass is 9.95. The molecule has 1 aromatic rings. The molecule has 1 rings (SSSR count). The normalized spacial score (nSPS) is 11.2. The second-order valence-corrected chi connectivity index (χ2v) is 4.70. The van der Waals surface area contributed by atoms with E-state index in [2.05, 4.69) is 0 Å². The maximum atomic E-state index is 10.9. The molecule has 4 nitrogen and oxygen atoms in total. The van der Waals surface area contributed by atoms with Crippen molar-refractivity contribution in [3.8, 4) is 5.75 Å². The molecule has 0 aromatic heterocycles. The van der Waals surface area contributed by atoms with Crippen LogP contribution in [0.1, 0.15) is 26.3 Å². The van der Waals surface area contributed by atoms with Gasteiger partial charge in [0.2, 0.25) is 0 Å². The van der Waals surface area contributed by atoms with Gasteiger partial charge in [0.1, 0.15) is 12.4 Å². The highest BCUT2D eigenvalue weighted by atomic mass is 16.5. The van der Waals surface area contributed by atoms with Gasteiger partial charge in [-0.25, -0.2) is 0 Å². The lowest BCUT2D eigenvalue weighted by molar-refractivity contribution is -0.148. The Balaban J connectivity index is 2.73. The number of anilines is 1. The van der Waals surface area contributed by atoms with Gasteiger partial charge in [0.05, 0.1) is 11.1 Å². The quantitative estimate of drug-likeness (QED) is 0.771. The molecule has 0 aliphatic rings. The summed E-state index contributed by atoms with van der Waals surface area (Å²) in [4.78, 5) is 10.9. The Morgan fingerprint density at radius 3 is 2.59 bits per heavy atom. The van der Waals surface area contributed by atoms with Gasteiger partial charge in [-0.3, -0.25) is 4.79 Å². The Hall–Kier alpha value is -1.71. The number of ether oxygens (including phenoxy) is 1. The molecule has 0 heterocycles. The molecule has 0 fully saturated rings. The number of hydrogen-bond acceptors (Lipinski definition) is 3. The average Bonchev–Trinajstić information content (AvgIpc) is 2.27. The topological polar surface area (TPSA) is 72.5 Å². The number of aliphatic carboxylic acids is 1. The van der Waals surface area contributed by atoms with Crippen LogP contribution in [0.3, 0.4) is 0 Å². The van der Waals surface area contributed by atoms with Gasteiger partial charge < -0.3 is 15.6 Å². The third kappa shape index (κ3) is 3.37. The van der Waals surface area contributed by atoms with Crippen molar-refractivity contribution >= 4 is 11.7 Å². The van der Waals surface area contributed by atoms with E-state index in [1.54, 1.807) is 19.9 Å². The minimum Gasteiger partial charge on any atom is -0.490 e. The highest BCUT2D eigenvalue weighted by Gasteiger charge is 2.28.